The van der Waals surface area contributed by atoms with Crippen LogP contribution in [0.2, 0.25) is 0 Å². The summed E-state index contributed by atoms with van der Waals surface area (Å²) in [4.78, 5) is 0. The Hall–Kier alpha value is 0.0700. The largest absolute Gasteiger partial charge is 0.302 e. The molecule has 1 atom stereocenters. The van der Waals surface area contributed by atoms with Gasteiger partial charge in [0.1, 0.15) is 0 Å². The van der Waals surface area contributed by atoms with Crippen molar-refractivity contribution in [1.82, 2.24) is 0 Å². The standard InChI is InChI=1S/C28H58.C3H8O3S/c1-3-5-7-9-11-13-15-17-19-21-23-25-27-28-26-24-22-20-18-16-14-12-10-8-6-4-2;1-3(2)6-7(4)5/h3-28H2,1-2H3;3H,1-2H3,(H,4,5). The van der Waals surface area contributed by atoms with E-state index in [2.05, 4.69) is 18.0 Å². The molecule has 0 aliphatic heterocycles. The number of unbranched alkanes of at least 4 members (excludes halogenated alkanes) is 25. The average Bonchev–Trinajstić information content (AvgIpc) is 2.81. The van der Waals surface area contributed by atoms with Gasteiger partial charge in [0.15, 0.2) is 0 Å². The van der Waals surface area contributed by atoms with Crippen LogP contribution in [0.25, 0.3) is 0 Å². The highest BCUT2D eigenvalue weighted by atomic mass is 32.2. The van der Waals surface area contributed by atoms with Gasteiger partial charge in [0.25, 0.3) is 0 Å². The molecule has 0 rings (SSSR count). The molecule has 0 aliphatic rings. The topological polar surface area (TPSA) is 46.5 Å². The zero-order valence-corrected chi connectivity index (χ0v) is 25.5. The minimum Gasteiger partial charge on any atom is -0.284 e. The first-order chi connectivity index (χ1) is 17.0. The van der Waals surface area contributed by atoms with Crippen molar-refractivity contribution in [3.8, 4) is 0 Å². The summed E-state index contributed by atoms with van der Waals surface area (Å²) in [5, 5.41) is 0. The molecule has 0 spiro atoms. The van der Waals surface area contributed by atoms with E-state index in [0.717, 1.165) is 0 Å². The van der Waals surface area contributed by atoms with E-state index in [1.165, 1.54) is 167 Å². The van der Waals surface area contributed by atoms with Gasteiger partial charge in [0.05, 0.1) is 6.10 Å². The van der Waals surface area contributed by atoms with Gasteiger partial charge < -0.3 is 0 Å². The van der Waals surface area contributed by atoms with Crippen molar-refractivity contribution in [2.75, 3.05) is 0 Å². The molecule has 0 saturated carbocycles. The minimum atomic E-state index is -2.10. The second-order valence-electron chi connectivity index (χ2n) is 10.8. The highest BCUT2D eigenvalue weighted by molar-refractivity contribution is 7.74. The SMILES string of the molecule is CC(C)OS(=O)O.CCCCCCCCCCCCCCCCCCCCCCCCCCCC. The normalized spacial score (nSPS) is 12.1. The van der Waals surface area contributed by atoms with E-state index in [9.17, 15) is 4.21 Å². The Balaban J connectivity index is 0. The third kappa shape index (κ3) is 41.5. The van der Waals surface area contributed by atoms with Crippen molar-refractivity contribution in [3.63, 3.8) is 0 Å². The van der Waals surface area contributed by atoms with Gasteiger partial charge in [-0.3, -0.25) is 8.74 Å². The zero-order chi connectivity index (χ0) is 26.2. The lowest BCUT2D eigenvalue weighted by Gasteiger charge is -2.04. The lowest BCUT2D eigenvalue weighted by molar-refractivity contribution is 0.241. The molecule has 0 bridgehead atoms. The summed E-state index contributed by atoms with van der Waals surface area (Å²) in [5.41, 5.74) is 0. The second-order valence-corrected chi connectivity index (χ2v) is 11.5. The molecule has 0 aromatic heterocycles. The number of hydrogen-bond donors (Lipinski definition) is 1. The molecule has 35 heavy (non-hydrogen) atoms. The molecule has 0 saturated heterocycles. The molecule has 0 fully saturated rings. The Kier molecular flexibility index (Phi) is 36.2. The van der Waals surface area contributed by atoms with E-state index in [4.69, 9.17) is 4.55 Å². The Bertz CT molecular complexity index is 361. The first-order valence-electron chi connectivity index (χ1n) is 15.8. The van der Waals surface area contributed by atoms with Gasteiger partial charge in [0.2, 0.25) is 0 Å². The van der Waals surface area contributed by atoms with Crippen molar-refractivity contribution >= 4 is 11.4 Å². The first kappa shape index (κ1) is 37.2. The van der Waals surface area contributed by atoms with E-state index in [1.54, 1.807) is 13.8 Å². The van der Waals surface area contributed by atoms with Crippen LogP contribution in [0.3, 0.4) is 0 Å². The maximum Gasteiger partial charge on any atom is 0.302 e. The van der Waals surface area contributed by atoms with Crippen molar-refractivity contribution in [1.29, 1.82) is 0 Å². The highest BCUT2D eigenvalue weighted by Crippen LogP contribution is 2.15. The molecule has 0 aromatic carbocycles. The molecular formula is C31H66O3S. The van der Waals surface area contributed by atoms with Crippen LogP contribution in [0, 0.1) is 0 Å². The van der Waals surface area contributed by atoms with Crippen molar-refractivity contribution in [3.05, 3.63) is 0 Å². The van der Waals surface area contributed by atoms with Gasteiger partial charge >= 0.3 is 11.4 Å². The van der Waals surface area contributed by atoms with Crippen molar-refractivity contribution < 1.29 is 12.9 Å². The maximum atomic E-state index is 9.70. The van der Waals surface area contributed by atoms with E-state index in [0.29, 0.717) is 0 Å². The average molecular weight is 519 g/mol. The maximum absolute atomic E-state index is 9.70. The van der Waals surface area contributed by atoms with Gasteiger partial charge in [-0.1, -0.05) is 181 Å². The predicted octanol–water partition coefficient (Wildman–Crippen LogP) is 11.7. The van der Waals surface area contributed by atoms with E-state index in [-0.39, 0.29) is 6.10 Å². The van der Waals surface area contributed by atoms with Crippen molar-refractivity contribution in [2.45, 2.75) is 201 Å². The van der Waals surface area contributed by atoms with Gasteiger partial charge in [-0.25, -0.2) is 0 Å². The van der Waals surface area contributed by atoms with Gasteiger partial charge in [-0.2, -0.15) is 4.21 Å². The smallest absolute Gasteiger partial charge is 0.284 e. The lowest BCUT2D eigenvalue weighted by Crippen LogP contribution is -2.03. The Morgan fingerprint density at radius 1 is 0.457 bits per heavy atom. The summed E-state index contributed by atoms with van der Waals surface area (Å²) in [5.74, 6) is 0. The molecule has 4 heteroatoms. The summed E-state index contributed by atoms with van der Waals surface area (Å²) in [6, 6.07) is 0. The zero-order valence-electron chi connectivity index (χ0n) is 24.6. The lowest BCUT2D eigenvalue weighted by atomic mass is 10.0. The number of rotatable bonds is 27. The monoisotopic (exact) mass is 518 g/mol. The molecule has 1 unspecified atom stereocenters. The molecule has 0 aromatic rings. The van der Waals surface area contributed by atoms with Crippen LogP contribution < -0.4 is 0 Å². The molecule has 214 valence electrons. The molecule has 0 aliphatic carbocycles. The van der Waals surface area contributed by atoms with Crippen LogP contribution >= 0.6 is 0 Å². The van der Waals surface area contributed by atoms with Crippen molar-refractivity contribution in [2.24, 2.45) is 0 Å². The van der Waals surface area contributed by atoms with Crippen LogP contribution in [-0.4, -0.2) is 14.9 Å². The van der Waals surface area contributed by atoms with Gasteiger partial charge in [-0.05, 0) is 13.8 Å². The Labute approximate surface area is 224 Å². The predicted molar refractivity (Wildman–Crippen MR) is 158 cm³/mol. The molecule has 3 nitrogen and oxygen atoms in total. The van der Waals surface area contributed by atoms with Gasteiger partial charge in [0, 0.05) is 0 Å². The fourth-order valence-corrected chi connectivity index (χ4v) is 4.88. The van der Waals surface area contributed by atoms with E-state index in [1.807, 2.05) is 0 Å². The third-order valence-corrected chi connectivity index (χ3v) is 7.28. The molecular weight excluding hydrogens is 452 g/mol. The quantitative estimate of drug-likeness (QED) is 0.0868. The summed E-state index contributed by atoms with van der Waals surface area (Å²) in [6.45, 7) is 7.99. The molecule has 0 amide bonds. The van der Waals surface area contributed by atoms with Crippen LogP contribution in [0.1, 0.15) is 195 Å². The molecule has 0 heterocycles. The van der Waals surface area contributed by atoms with Crippen LogP contribution in [-0.2, 0) is 15.5 Å². The molecule has 1 N–H and O–H groups in total. The summed E-state index contributed by atoms with van der Waals surface area (Å²) >= 11 is -2.10. The summed E-state index contributed by atoms with van der Waals surface area (Å²) < 4.78 is 21.9. The Morgan fingerprint density at radius 2 is 0.629 bits per heavy atom. The summed E-state index contributed by atoms with van der Waals surface area (Å²) in [6.07, 6.45) is 38.2. The molecule has 0 radical (unpaired) electrons. The van der Waals surface area contributed by atoms with Crippen LogP contribution in [0.15, 0.2) is 0 Å². The fraction of sp³-hybridized carbons (Fsp3) is 1.00. The first-order valence-corrected chi connectivity index (χ1v) is 16.9. The van der Waals surface area contributed by atoms with E-state index >= 15 is 0 Å². The number of hydrogen-bond acceptors (Lipinski definition) is 2. The second kappa shape index (κ2) is 34.1. The van der Waals surface area contributed by atoms with Gasteiger partial charge in [-0.15, -0.1) is 0 Å². The van der Waals surface area contributed by atoms with Crippen LogP contribution in [0.4, 0.5) is 0 Å². The minimum absolute atomic E-state index is 0.175. The van der Waals surface area contributed by atoms with Crippen LogP contribution in [0.5, 0.6) is 0 Å². The van der Waals surface area contributed by atoms with E-state index < -0.39 is 11.4 Å². The summed E-state index contributed by atoms with van der Waals surface area (Å²) in [7, 11) is 0. The third-order valence-electron chi connectivity index (χ3n) is 6.73. The highest BCUT2D eigenvalue weighted by Gasteiger charge is 1.96. The Morgan fingerprint density at radius 3 is 0.714 bits per heavy atom. The fourth-order valence-electron chi connectivity index (χ4n) is 4.55.